The van der Waals surface area contributed by atoms with Gasteiger partial charge in [-0.3, -0.25) is 14.4 Å². The van der Waals surface area contributed by atoms with Crippen LogP contribution in [0.15, 0.2) is 46.3 Å². The molecule has 7 atom stereocenters. The Bertz CT molecular complexity index is 1110. The van der Waals surface area contributed by atoms with Crippen molar-refractivity contribution in [2.24, 2.45) is 34.0 Å². The van der Waals surface area contributed by atoms with Crippen LogP contribution >= 0.6 is 0 Å². The third-order valence-electron chi connectivity index (χ3n) is 9.79. The maximum Gasteiger partial charge on any atom is 0.313 e. The molecule has 1 heterocycles. The van der Waals surface area contributed by atoms with E-state index in [-0.39, 0.29) is 5.78 Å². The summed E-state index contributed by atoms with van der Waals surface area (Å²) in [4.78, 5) is 38.5. The summed E-state index contributed by atoms with van der Waals surface area (Å²) in [5.74, 6) is -2.52. The second-order valence-electron chi connectivity index (χ2n) is 12.3. The Hall–Kier alpha value is -2.67. The van der Waals surface area contributed by atoms with E-state index < -0.39 is 52.0 Å². The predicted molar refractivity (Wildman–Crippen MR) is 156 cm³/mol. The number of ether oxygens (including phenoxy) is 1. The first-order valence-electron chi connectivity index (χ1n) is 14.6. The van der Waals surface area contributed by atoms with Crippen LogP contribution in [0.3, 0.4) is 0 Å². The number of hydrogen-bond acceptors (Lipinski definition) is 6. The van der Waals surface area contributed by atoms with Gasteiger partial charge in [0.1, 0.15) is 0 Å². The van der Waals surface area contributed by atoms with Gasteiger partial charge in [-0.25, -0.2) is 0 Å². The first kappa shape index (κ1) is 33.5. The van der Waals surface area contributed by atoms with E-state index in [0.29, 0.717) is 25.2 Å². The number of furan rings is 1. The number of aliphatic hydroxyl groups is 1. The molecule has 2 N–H and O–H groups in total. The third kappa shape index (κ3) is 5.72. The van der Waals surface area contributed by atoms with Crippen molar-refractivity contribution in [2.75, 3.05) is 7.11 Å². The van der Waals surface area contributed by atoms with Gasteiger partial charge in [0.15, 0.2) is 5.78 Å². The van der Waals surface area contributed by atoms with Gasteiger partial charge in [-0.2, -0.15) is 0 Å². The molecule has 224 valence electrons. The van der Waals surface area contributed by atoms with Crippen LogP contribution in [0, 0.1) is 34.0 Å². The van der Waals surface area contributed by atoms with Crippen LogP contribution in [-0.2, 0) is 19.1 Å². The summed E-state index contributed by atoms with van der Waals surface area (Å²) in [6, 6.07) is 1.99. The fourth-order valence-electron chi connectivity index (χ4n) is 7.87. The van der Waals surface area contributed by atoms with Crippen LogP contribution in [-0.4, -0.2) is 41.1 Å². The number of carbonyl (C=O) groups is 3. The molecule has 0 aromatic carbocycles. The molecule has 0 amide bonds. The van der Waals surface area contributed by atoms with Crippen molar-refractivity contribution >= 4 is 17.7 Å². The molecule has 1 aromatic heterocycles. The lowest BCUT2D eigenvalue weighted by molar-refractivity contribution is -0.174. The lowest BCUT2D eigenvalue weighted by Gasteiger charge is -2.61. The van der Waals surface area contributed by atoms with Crippen molar-refractivity contribution in [3.8, 4) is 0 Å². The maximum absolute atomic E-state index is 13.4. The van der Waals surface area contributed by atoms with E-state index >= 15 is 0 Å². The number of fused-ring (bicyclic) bond motifs is 1. The molecule has 3 aliphatic rings. The molecule has 1 saturated carbocycles. The highest BCUT2D eigenvalue weighted by molar-refractivity contribution is 5.99. The fraction of sp³-hybridized carbons (Fsp3) is 0.667. The molecule has 1 fully saturated rings. The number of hydrogen-bond donors (Lipinski definition) is 2. The Kier molecular flexibility index (Phi) is 10.8. The molecule has 1 unspecified atom stereocenters. The van der Waals surface area contributed by atoms with E-state index in [1.807, 2.05) is 40.7 Å². The maximum atomic E-state index is 13.4. The Morgan fingerprint density at radius 1 is 1.12 bits per heavy atom. The number of ketones is 1. The van der Waals surface area contributed by atoms with Gasteiger partial charge in [-0.15, -0.1) is 0 Å². The summed E-state index contributed by atoms with van der Waals surface area (Å²) in [6.45, 7) is 17.6. The van der Waals surface area contributed by atoms with Gasteiger partial charge >= 0.3 is 11.9 Å². The van der Waals surface area contributed by atoms with E-state index in [2.05, 4.69) is 13.8 Å². The van der Waals surface area contributed by atoms with Crippen molar-refractivity contribution < 1.29 is 33.8 Å². The molecular weight excluding hydrogens is 508 g/mol. The topological polar surface area (TPSA) is 114 Å². The monoisotopic (exact) mass is 558 g/mol. The zero-order valence-corrected chi connectivity index (χ0v) is 26.0. The zero-order valence-electron chi connectivity index (χ0n) is 26.0. The predicted octanol–water partition coefficient (Wildman–Crippen LogP) is 6.96. The standard InChI is InChI=1S/C24H34O6.C7H10O.C2H6/c1-13-7-8-15(25)18(13)23(4)11-9-16-22(3,21(28)29)12-10-17(26)24(16,5)19(23)14(2)20(27)30-6;1-6(2)7-3-4-8-5-7;1-2/h10,12,14-16,19,25H,7-9,11H2,1-6H3,(H,28,29);3-6H,1-2H3;1-2H3/t14?,15-,16+,19+,22-,23+,24-;;/m1../s1. The van der Waals surface area contributed by atoms with E-state index in [1.165, 1.54) is 24.8 Å². The molecule has 0 radical (unpaired) electrons. The number of aliphatic carboxylic acids is 1. The molecule has 3 aliphatic carbocycles. The summed E-state index contributed by atoms with van der Waals surface area (Å²) in [5, 5.41) is 20.9. The van der Waals surface area contributed by atoms with E-state index in [1.54, 1.807) is 26.4 Å². The summed E-state index contributed by atoms with van der Waals surface area (Å²) in [5.41, 5.74) is 0.411. The van der Waals surface area contributed by atoms with Gasteiger partial charge in [0, 0.05) is 5.41 Å². The number of esters is 1. The van der Waals surface area contributed by atoms with Crippen molar-refractivity contribution in [2.45, 2.75) is 100 Å². The van der Waals surface area contributed by atoms with Gasteiger partial charge in [-0.05, 0) is 86.0 Å². The first-order chi connectivity index (χ1) is 18.7. The highest BCUT2D eigenvalue weighted by Crippen LogP contribution is 2.66. The van der Waals surface area contributed by atoms with Gasteiger partial charge < -0.3 is 19.4 Å². The van der Waals surface area contributed by atoms with Crippen molar-refractivity contribution in [1.82, 2.24) is 0 Å². The molecule has 0 spiro atoms. The third-order valence-corrected chi connectivity index (χ3v) is 9.79. The Morgan fingerprint density at radius 3 is 2.17 bits per heavy atom. The molecule has 1 aromatic rings. The summed E-state index contributed by atoms with van der Waals surface area (Å²) < 4.78 is 9.95. The Balaban J connectivity index is 0.000000475. The lowest BCUT2D eigenvalue weighted by atomic mass is 9.41. The van der Waals surface area contributed by atoms with Crippen LogP contribution in [0.1, 0.15) is 99.5 Å². The molecule has 40 heavy (non-hydrogen) atoms. The van der Waals surface area contributed by atoms with Crippen LogP contribution in [0.2, 0.25) is 0 Å². The first-order valence-corrected chi connectivity index (χ1v) is 14.6. The second kappa shape index (κ2) is 12.9. The highest BCUT2D eigenvalue weighted by Gasteiger charge is 2.66. The SMILES string of the molecule is CC.CC(C)c1ccoc1.COC(=O)C(C)[C@@H]1[C@@]2(C)C(=O)C=C[C@@](C)(C(=O)O)[C@@H]2CC[C@@]1(C)C1=C(C)CC[C@H]1O. The van der Waals surface area contributed by atoms with E-state index in [4.69, 9.17) is 9.15 Å². The number of allylic oxidation sites excluding steroid dienone is 2. The molecule has 0 aliphatic heterocycles. The molecule has 0 saturated heterocycles. The van der Waals surface area contributed by atoms with Gasteiger partial charge in [-0.1, -0.05) is 60.1 Å². The Labute approximate surface area is 240 Å². The zero-order chi connectivity index (χ0) is 30.6. The van der Waals surface area contributed by atoms with Crippen LogP contribution < -0.4 is 0 Å². The fourth-order valence-corrected chi connectivity index (χ4v) is 7.87. The van der Waals surface area contributed by atoms with Gasteiger partial charge in [0.2, 0.25) is 0 Å². The number of carbonyl (C=O) groups excluding carboxylic acids is 2. The van der Waals surface area contributed by atoms with Crippen molar-refractivity contribution in [3.63, 3.8) is 0 Å². The van der Waals surface area contributed by atoms with Crippen molar-refractivity contribution in [3.05, 3.63) is 47.5 Å². The molecule has 7 heteroatoms. The minimum Gasteiger partial charge on any atom is -0.481 e. The highest BCUT2D eigenvalue weighted by atomic mass is 16.5. The number of carboxylic acid groups (broad SMARTS) is 1. The average Bonchev–Trinajstić information content (AvgIpc) is 3.57. The van der Waals surface area contributed by atoms with Crippen LogP contribution in [0.25, 0.3) is 0 Å². The summed E-state index contributed by atoms with van der Waals surface area (Å²) in [6.07, 6.45) is 8.33. The van der Waals surface area contributed by atoms with Gasteiger partial charge in [0.25, 0.3) is 0 Å². The minimum atomic E-state index is -1.20. The second-order valence-corrected chi connectivity index (χ2v) is 12.3. The largest absolute Gasteiger partial charge is 0.481 e. The van der Waals surface area contributed by atoms with Gasteiger partial charge in [0.05, 0.1) is 37.1 Å². The van der Waals surface area contributed by atoms with E-state index in [0.717, 1.165) is 17.6 Å². The van der Waals surface area contributed by atoms with E-state index in [9.17, 15) is 24.6 Å². The summed E-state index contributed by atoms with van der Waals surface area (Å²) >= 11 is 0. The number of rotatable bonds is 5. The quantitative estimate of drug-likeness (QED) is 0.296. The number of carboxylic acids is 1. The molecule has 7 nitrogen and oxygen atoms in total. The van der Waals surface area contributed by atoms with Crippen molar-refractivity contribution in [1.29, 1.82) is 0 Å². The molecule has 4 rings (SSSR count). The summed E-state index contributed by atoms with van der Waals surface area (Å²) in [7, 11) is 1.33. The minimum absolute atomic E-state index is 0.149. The molecular formula is C33H50O7. The van der Waals surface area contributed by atoms with Crippen LogP contribution in [0.5, 0.6) is 0 Å². The van der Waals surface area contributed by atoms with Crippen LogP contribution in [0.4, 0.5) is 0 Å². The smallest absolute Gasteiger partial charge is 0.313 e. The average molecular weight is 559 g/mol. The number of methoxy groups -OCH3 is 1. The Morgan fingerprint density at radius 2 is 1.75 bits per heavy atom. The normalized spacial score (nSPS) is 33.8. The molecule has 0 bridgehead atoms. The number of aliphatic hydroxyl groups excluding tert-OH is 1. The lowest BCUT2D eigenvalue weighted by Crippen LogP contribution is -2.62.